The van der Waals surface area contributed by atoms with E-state index >= 15 is 0 Å². The van der Waals surface area contributed by atoms with Crippen molar-refractivity contribution in [2.45, 2.75) is 6.54 Å². The summed E-state index contributed by atoms with van der Waals surface area (Å²) in [5, 5.41) is 13.3. The largest absolute Gasteiger partial charge is 0.396 e. The molecule has 1 aromatic carbocycles. The molecule has 2 rings (SSSR count). The molecule has 1 aromatic heterocycles. The number of halogens is 1. The lowest BCUT2D eigenvalue weighted by molar-refractivity contribution is -0.385. The lowest BCUT2D eigenvalue weighted by atomic mass is 10.1. The number of nitrogens with one attached hydrogen (secondary N) is 1. The number of benzene rings is 1. The van der Waals surface area contributed by atoms with E-state index in [0.717, 1.165) is 6.07 Å². The van der Waals surface area contributed by atoms with Gasteiger partial charge in [-0.3, -0.25) is 19.9 Å². The number of nitro benzene ring substituents is 1. The van der Waals surface area contributed by atoms with E-state index in [2.05, 4.69) is 10.3 Å². The Morgan fingerprint density at radius 2 is 2.19 bits per heavy atom. The van der Waals surface area contributed by atoms with Gasteiger partial charge < -0.3 is 11.1 Å². The van der Waals surface area contributed by atoms with Crippen LogP contribution in [0.1, 0.15) is 16.1 Å². The minimum absolute atomic E-state index is 0.0914. The number of aromatic nitrogens is 1. The number of hydrogen-bond donors (Lipinski definition) is 2. The van der Waals surface area contributed by atoms with Crippen LogP contribution in [0.3, 0.4) is 0 Å². The second kappa shape index (κ2) is 5.95. The maximum Gasteiger partial charge on any atom is 0.285 e. The van der Waals surface area contributed by atoms with Crippen molar-refractivity contribution in [2.24, 2.45) is 0 Å². The van der Waals surface area contributed by atoms with Crippen molar-refractivity contribution >= 4 is 17.3 Å². The van der Waals surface area contributed by atoms with Gasteiger partial charge in [0.25, 0.3) is 11.6 Å². The van der Waals surface area contributed by atoms with E-state index in [1.165, 1.54) is 0 Å². The van der Waals surface area contributed by atoms with Crippen LogP contribution in [-0.2, 0) is 6.54 Å². The van der Waals surface area contributed by atoms with Crippen LogP contribution in [0.5, 0.6) is 0 Å². The Morgan fingerprint density at radius 1 is 1.43 bits per heavy atom. The minimum Gasteiger partial charge on any atom is -0.396 e. The van der Waals surface area contributed by atoms with Crippen LogP contribution in [0, 0.1) is 15.9 Å². The first-order valence-electron chi connectivity index (χ1n) is 5.90. The highest BCUT2D eigenvalue weighted by atomic mass is 19.1. The van der Waals surface area contributed by atoms with Crippen molar-refractivity contribution in [2.75, 3.05) is 5.73 Å². The molecule has 0 saturated heterocycles. The van der Waals surface area contributed by atoms with Crippen LogP contribution in [0.2, 0.25) is 0 Å². The number of anilines is 1. The van der Waals surface area contributed by atoms with E-state index in [1.54, 1.807) is 24.4 Å². The maximum atomic E-state index is 13.3. The van der Waals surface area contributed by atoms with Crippen LogP contribution in [0.15, 0.2) is 36.5 Å². The van der Waals surface area contributed by atoms with Gasteiger partial charge in [-0.05, 0) is 18.2 Å². The molecule has 7 nitrogen and oxygen atoms in total. The Bertz CT molecular complexity index is 691. The predicted octanol–water partition coefficient (Wildman–Crippen LogP) is 1.64. The molecule has 0 radical (unpaired) electrons. The molecule has 0 unspecified atom stereocenters. The molecule has 0 aliphatic carbocycles. The molecule has 8 heteroatoms. The van der Waals surface area contributed by atoms with Crippen LogP contribution in [0.4, 0.5) is 15.8 Å². The van der Waals surface area contributed by atoms with Gasteiger partial charge in [-0.25, -0.2) is 4.39 Å². The summed E-state index contributed by atoms with van der Waals surface area (Å²) in [6, 6.07) is 6.73. The number of carbonyl (C=O) groups is 1. The van der Waals surface area contributed by atoms with E-state index in [-0.39, 0.29) is 17.8 Å². The predicted molar refractivity (Wildman–Crippen MR) is 72.9 cm³/mol. The number of nitrogens with two attached hydrogens (primary N) is 1. The highest BCUT2D eigenvalue weighted by Gasteiger charge is 2.22. The van der Waals surface area contributed by atoms with Gasteiger partial charge in [-0.15, -0.1) is 0 Å². The molecule has 3 N–H and O–H groups in total. The number of hydrogen-bond acceptors (Lipinski definition) is 5. The zero-order valence-corrected chi connectivity index (χ0v) is 10.7. The molecule has 1 amide bonds. The summed E-state index contributed by atoms with van der Waals surface area (Å²) >= 11 is 0. The van der Waals surface area contributed by atoms with Gasteiger partial charge >= 0.3 is 0 Å². The molecule has 21 heavy (non-hydrogen) atoms. The summed E-state index contributed by atoms with van der Waals surface area (Å²) < 4.78 is 13.3. The van der Waals surface area contributed by atoms with Crippen molar-refractivity contribution in [3.8, 4) is 0 Å². The first-order chi connectivity index (χ1) is 9.99. The molecule has 0 fully saturated rings. The quantitative estimate of drug-likeness (QED) is 0.505. The number of nitro groups is 1. The number of pyridine rings is 1. The fourth-order valence-electron chi connectivity index (χ4n) is 1.68. The molecular weight excluding hydrogens is 279 g/mol. The number of amides is 1. The Labute approximate surface area is 118 Å². The van der Waals surface area contributed by atoms with Crippen LogP contribution in [-0.4, -0.2) is 15.8 Å². The highest BCUT2D eigenvalue weighted by Crippen LogP contribution is 2.24. The van der Waals surface area contributed by atoms with E-state index in [4.69, 9.17) is 5.73 Å². The van der Waals surface area contributed by atoms with E-state index in [0.29, 0.717) is 11.8 Å². The first kappa shape index (κ1) is 14.4. The third-order valence-corrected chi connectivity index (χ3v) is 2.71. The Kier molecular flexibility index (Phi) is 4.07. The monoisotopic (exact) mass is 290 g/mol. The molecule has 2 aromatic rings. The van der Waals surface area contributed by atoms with Crippen molar-refractivity contribution < 1.29 is 14.1 Å². The second-order valence-electron chi connectivity index (χ2n) is 4.15. The minimum atomic E-state index is -0.942. The van der Waals surface area contributed by atoms with Gasteiger partial charge in [0.2, 0.25) is 0 Å². The van der Waals surface area contributed by atoms with Gasteiger partial charge in [-0.2, -0.15) is 0 Å². The third-order valence-electron chi connectivity index (χ3n) is 2.71. The normalized spacial score (nSPS) is 10.1. The van der Waals surface area contributed by atoms with Crippen LogP contribution < -0.4 is 11.1 Å². The summed E-state index contributed by atoms with van der Waals surface area (Å²) in [4.78, 5) is 26.0. The summed E-state index contributed by atoms with van der Waals surface area (Å²) in [7, 11) is 0. The van der Waals surface area contributed by atoms with Gasteiger partial charge in [-0.1, -0.05) is 6.07 Å². The number of rotatable bonds is 4. The summed E-state index contributed by atoms with van der Waals surface area (Å²) in [5.41, 5.74) is 4.67. The lowest BCUT2D eigenvalue weighted by Crippen LogP contribution is -2.24. The summed E-state index contributed by atoms with van der Waals surface area (Å²) in [6.45, 7) is 0.0914. The van der Waals surface area contributed by atoms with Gasteiger partial charge in [0.15, 0.2) is 5.82 Å². The van der Waals surface area contributed by atoms with Crippen LogP contribution in [0.25, 0.3) is 0 Å². The number of carbonyl (C=O) groups excluding carboxylic acids is 1. The molecule has 0 atom stereocenters. The molecule has 1 heterocycles. The molecule has 0 saturated carbocycles. The van der Waals surface area contributed by atoms with E-state index in [9.17, 15) is 19.3 Å². The first-order valence-corrected chi connectivity index (χ1v) is 5.90. The Morgan fingerprint density at radius 3 is 2.81 bits per heavy atom. The average Bonchev–Trinajstić information content (AvgIpc) is 2.48. The lowest BCUT2D eigenvalue weighted by Gasteiger charge is -2.07. The second-order valence-corrected chi connectivity index (χ2v) is 4.15. The van der Waals surface area contributed by atoms with Gasteiger partial charge in [0.05, 0.1) is 28.9 Å². The van der Waals surface area contributed by atoms with E-state index < -0.39 is 22.3 Å². The molecular formula is C13H11FN4O3. The standard InChI is InChI=1S/C13H11FN4O3/c14-10-6-12(18(20)21)9(5-11(10)15)13(19)17-7-8-3-1-2-4-16-8/h1-6H,7,15H2,(H,17,19). The third kappa shape index (κ3) is 3.30. The molecule has 0 spiro atoms. The average molecular weight is 290 g/mol. The molecule has 0 aliphatic rings. The zero-order valence-electron chi connectivity index (χ0n) is 10.7. The molecule has 108 valence electrons. The summed E-state index contributed by atoms with van der Waals surface area (Å²) in [6.07, 6.45) is 1.56. The Balaban J connectivity index is 2.22. The van der Waals surface area contributed by atoms with Gasteiger partial charge in [0.1, 0.15) is 5.56 Å². The van der Waals surface area contributed by atoms with Crippen molar-refractivity contribution in [1.29, 1.82) is 0 Å². The van der Waals surface area contributed by atoms with Crippen molar-refractivity contribution in [3.63, 3.8) is 0 Å². The highest BCUT2D eigenvalue weighted by molar-refractivity contribution is 5.99. The molecule has 0 aliphatic heterocycles. The van der Waals surface area contributed by atoms with Crippen molar-refractivity contribution in [1.82, 2.24) is 10.3 Å². The van der Waals surface area contributed by atoms with Crippen LogP contribution >= 0.6 is 0 Å². The van der Waals surface area contributed by atoms with Crippen molar-refractivity contribution in [3.05, 3.63) is 63.7 Å². The maximum absolute atomic E-state index is 13.3. The molecule has 0 bridgehead atoms. The topological polar surface area (TPSA) is 111 Å². The zero-order chi connectivity index (χ0) is 15.4. The summed E-state index contributed by atoms with van der Waals surface area (Å²) in [5.74, 6) is -1.66. The number of nitrogen functional groups attached to an aromatic ring is 1. The number of nitrogens with zero attached hydrogens (tertiary/aromatic N) is 2. The SMILES string of the molecule is Nc1cc(C(=O)NCc2ccccn2)c([N+](=O)[O-])cc1F. The fraction of sp³-hybridized carbons (Fsp3) is 0.0769. The smallest absolute Gasteiger partial charge is 0.285 e. The Hall–Kier alpha value is -3.03. The fourth-order valence-corrected chi connectivity index (χ4v) is 1.68. The van der Waals surface area contributed by atoms with E-state index in [1.807, 2.05) is 0 Å². The van der Waals surface area contributed by atoms with Gasteiger partial charge in [0, 0.05) is 6.20 Å².